The highest BCUT2D eigenvalue weighted by molar-refractivity contribution is 5.20. The molecule has 1 atom stereocenters. The molecule has 2 heteroatoms. The Morgan fingerprint density at radius 2 is 1.82 bits per heavy atom. The maximum absolute atomic E-state index is 3.81. The predicted molar refractivity (Wildman–Crippen MR) is 73.0 cm³/mol. The SMILES string of the molecule is CCC(CC)C(NC1CNC1)c1ccccc1. The molecule has 2 rings (SSSR count). The minimum absolute atomic E-state index is 0.512. The van der Waals surface area contributed by atoms with E-state index in [0.29, 0.717) is 12.1 Å². The van der Waals surface area contributed by atoms with Crippen molar-refractivity contribution in [2.24, 2.45) is 5.92 Å². The summed E-state index contributed by atoms with van der Waals surface area (Å²) in [6.45, 7) is 6.82. The van der Waals surface area contributed by atoms with E-state index in [9.17, 15) is 0 Å². The summed E-state index contributed by atoms with van der Waals surface area (Å²) >= 11 is 0. The van der Waals surface area contributed by atoms with Crippen molar-refractivity contribution in [2.45, 2.75) is 38.8 Å². The highest BCUT2D eigenvalue weighted by atomic mass is 15.1. The predicted octanol–water partition coefficient (Wildman–Crippen LogP) is 2.73. The molecule has 1 aromatic rings. The number of benzene rings is 1. The van der Waals surface area contributed by atoms with E-state index in [0.717, 1.165) is 19.0 Å². The molecule has 1 unspecified atom stereocenters. The molecule has 1 aromatic carbocycles. The summed E-state index contributed by atoms with van der Waals surface area (Å²) in [5, 5.41) is 7.14. The molecule has 0 saturated carbocycles. The lowest BCUT2D eigenvalue weighted by Gasteiger charge is -2.36. The number of rotatable bonds is 6. The van der Waals surface area contributed by atoms with Gasteiger partial charge in [0.15, 0.2) is 0 Å². The van der Waals surface area contributed by atoms with Gasteiger partial charge in [-0.05, 0) is 11.5 Å². The van der Waals surface area contributed by atoms with Crippen LogP contribution in [0.25, 0.3) is 0 Å². The van der Waals surface area contributed by atoms with Crippen molar-refractivity contribution in [1.82, 2.24) is 10.6 Å². The normalized spacial score (nSPS) is 18.1. The van der Waals surface area contributed by atoms with E-state index in [1.807, 2.05) is 0 Å². The summed E-state index contributed by atoms with van der Waals surface area (Å²) in [5.74, 6) is 0.734. The monoisotopic (exact) mass is 232 g/mol. The van der Waals surface area contributed by atoms with Gasteiger partial charge in [0.25, 0.3) is 0 Å². The average molecular weight is 232 g/mol. The summed E-state index contributed by atoms with van der Waals surface area (Å²) in [4.78, 5) is 0. The zero-order valence-corrected chi connectivity index (χ0v) is 10.9. The van der Waals surface area contributed by atoms with Crippen LogP contribution in [-0.4, -0.2) is 19.1 Å². The molecule has 2 N–H and O–H groups in total. The fraction of sp³-hybridized carbons (Fsp3) is 0.600. The maximum atomic E-state index is 3.81. The zero-order valence-electron chi connectivity index (χ0n) is 10.9. The molecule has 0 radical (unpaired) electrons. The summed E-state index contributed by atoms with van der Waals surface area (Å²) in [6, 6.07) is 12.1. The summed E-state index contributed by atoms with van der Waals surface area (Å²) in [6.07, 6.45) is 2.48. The molecule has 0 spiro atoms. The zero-order chi connectivity index (χ0) is 12.1. The van der Waals surface area contributed by atoms with Crippen molar-refractivity contribution in [3.05, 3.63) is 35.9 Å². The van der Waals surface area contributed by atoms with Gasteiger partial charge in [0.1, 0.15) is 0 Å². The van der Waals surface area contributed by atoms with E-state index >= 15 is 0 Å². The summed E-state index contributed by atoms with van der Waals surface area (Å²) in [7, 11) is 0. The lowest BCUT2D eigenvalue weighted by molar-refractivity contribution is 0.264. The van der Waals surface area contributed by atoms with Gasteiger partial charge >= 0.3 is 0 Å². The second-order valence-electron chi connectivity index (χ2n) is 4.99. The molecule has 0 aromatic heterocycles. The van der Waals surface area contributed by atoms with Gasteiger partial charge in [0, 0.05) is 25.2 Å². The van der Waals surface area contributed by atoms with Gasteiger partial charge in [-0.1, -0.05) is 57.0 Å². The molecule has 0 amide bonds. The quantitative estimate of drug-likeness (QED) is 0.788. The lowest BCUT2D eigenvalue weighted by atomic mass is 9.88. The summed E-state index contributed by atoms with van der Waals surface area (Å²) in [5.41, 5.74) is 1.44. The molecule has 1 aliphatic rings. The van der Waals surface area contributed by atoms with E-state index in [-0.39, 0.29) is 0 Å². The minimum atomic E-state index is 0.512. The van der Waals surface area contributed by atoms with Crippen LogP contribution in [0.2, 0.25) is 0 Å². The molecule has 0 aliphatic carbocycles. The van der Waals surface area contributed by atoms with Crippen molar-refractivity contribution in [3.63, 3.8) is 0 Å². The first-order chi connectivity index (χ1) is 8.35. The van der Waals surface area contributed by atoms with Crippen LogP contribution in [0.4, 0.5) is 0 Å². The van der Waals surface area contributed by atoms with Crippen LogP contribution in [0.1, 0.15) is 38.3 Å². The number of hydrogen-bond donors (Lipinski definition) is 2. The molecule has 0 bridgehead atoms. The van der Waals surface area contributed by atoms with Crippen molar-refractivity contribution < 1.29 is 0 Å². The van der Waals surface area contributed by atoms with Gasteiger partial charge in [-0.25, -0.2) is 0 Å². The maximum Gasteiger partial charge on any atom is 0.0351 e. The van der Waals surface area contributed by atoms with E-state index in [1.165, 1.54) is 18.4 Å². The first kappa shape index (κ1) is 12.6. The largest absolute Gasteiger partial charge is 0.314 e. The average Bonchev–Trinajstić information content (AvgIpc) is 2.33. The Balaban J connectivity index is 2.10. The fourth-order valence-corrected chi connectivity index (χ4v) is 2.59. The topological polar surface area (TPSA) is 24.1 Å². The Labute approximate surface area is 105 Å². The van der Waals surface area contributed by atoms with Crippen LogP contribution in [0.15, 0.2) is 30.3 Å². The molecule has 1 heterocycles. The second-order valence-corrected chi connectivity index (χ2v) is 4.99. The van der Waals surface area contributed by atoms with Gasteiger partial charge in [-0.15, -0.1) is 0 Å². The first-order valence-electron chi connectivity index (χ1n) is 6.86. The van der Waals surface area contributed by atoms with Crippen molar-refractivity contribution in [2.75, 3.05) is 13.1 Å². The summed E-state index contributed by atoms with van der Waals surface area (Å²) < 4.78 is 0. The van der Waals surface area contributed by atoms with Crippen LogP contribution >= 0.6 is 0 Å². The lowest BCUT2D eigenvalue weighted by Crippen LogP contribution is -2.56. The van der Waals surface area contributed by atoms with Crippen LogP contribution in [0.5, 0.6) is 0 Å². The van der Waals surface area contributed by atoms with Gasteiger partial charge in [-0.3, -0.25) is 0 Å². The minimum Gasteiger partial charge on any atom is -0.314 e. The van der Waals surface area contributed by atoms with E-state index < -0.39 is 0 Å². The molecule has 94 valence electrons. The second kappa shape index (κ2) is 6.18. The third-order valence-corrected chi connectivity index (χ3v) is 3.88. The fourth-order valence-electron chi connectivity index (χ4n) is 2.59. The Morgan fingerprint density at radius 1 is 1.18 bits per heavy atom. The Morgan fingerprint density at radius 3 is 2.29 bits per heavy atom. The molecule has 1 fully saturated rings. The standard InChI is InChI=1S/C15H24N2/c1-3-12(4-2)15(17-14-10-16-11-14)13-8-6-5-7-9-13/h5-9,12,14-17H,3-4,10-11H2,1-2H3. The van der Waals surface area contributed by atoms with Gasteiger partial charge in [0.2, 0.25) is 0 Å². The number of nitrogens with one attached hydrogen (secondary N) is 2. The molecular weight excluding hydrogens is 208 g/mol. The molecule has 2 nitrogen and oxygen atoms in total. The van der Waals surface area contributed by atoms with Crippen LogP contribution in [0.3, 0.4) is 0 Å². The molecular formula is C15H24N2. The number of hydrogen-bond acceptors (Lipinski definition) is 2. The van der Waals surface area contributed by atoms with E-state index in [4.69, 9.17) is 0 Å². The van der Waals surface area contributed by atoms with Gasteiger partial charge < -0.3 is 10.6 Å². The van der Waals surface area contributed by atoms with E-state index in [2.05, 4.69) is 54.8 Å². The van der Waals surface area contributed by atoms with Crippen LogP contribution < -0.4 is 10.6 Å². The van der Waals surface area contributed by atoms with Crippen molar-refractivity contribution in [3.8, 4) is 0 Å². The van der Waals surface area contributed by atoms with Crippen molar-refractivity contribution >= 4 is 0 Å². The van der Waals surface area contributed by atoms with Crippen LogP contribution in [-0.2, 0) is 0 Å². The molecule has 1 aliphatic heterocycles. The van der Waals surface area contributed by atoms with Gasteiger partial charge in [0.05, 0.1) is 0 Å². The highest BCUT2D eigenvalue weighted by Crippen LogP contribution is 2.28. The first-order valence-corrected chi connectivity index (χ1v) is 6.86. The Hall–Kier alpha value is -0.860. The Bertz CT molecular complexity index is 315. The molecule has 17 heavy (non-hydrogen) atoms. The van der Waals surface area contributed by atoms with E-state index in [1.54, 1.807) is 0 Å². The third-order valence-electron chi connectivity index (χ3n) is 3.88. The van der Waals surface area contributed by atoms with Crippen molar-refractivity contribution in [1.29, 1.82) is 0 Å². The Kier molecular flexibility index (Phi) is 4.57. The highest BCUT2D eigenvalue weighted by Gasteiger charge is 2.25. The third kappa shape index (κ3) is 3.08. The van der Waals surface area contributed by atoms with Crippen LogP contribution in [0, 0.1) is 5.92 Å². The smallest absolute Gasteiger partial charge is 0.0351 e. The molecule has 1 saturated heterocycles. The van der Waals surface area contributed by atoms with Gasteiger partial charge in [-0.2, -0.15) is 0 Å².